The van der Waals surface area contributed by atoms with Gasteiger partial charge in [-0.25, -0.2) is 4.79 Å². The highest BCUT2D eigenvalue weighted by Gasteiger charge is 2.23. The van der Waals surface area contributed by atoms with Gasteiger partial charge in [0.05, 0.1) is 0 Å². The predicted molar refractivity (Wildman–Crippen MR) is 169 cm³/mol. The standard InChI is InChI=1S/C34H48N2O3S/c1-24(2)11-10-15-28(21-26-13-6-5-7-14-26)35-23-27-17-18-30(31(22-27)29-16-9-8-12-25(29)3)33(37)36-32(34(38)39)19-20-40-4/h8-10,12,15-18,22,24,26,28,32,35H,5-7,11,13-14,19-21,23H2,1-4H3,(H,36,37)(H,38,39)/b15-10-/t28-,32+/m1/s1. The van der Waals surface area contributed by atoms with E-state index in [4.69, 9.17) is 0 Å². The second-order valence-electron chi connectivity index (χ2n) is 11.6. The summed E-state index contributed by atoms with van der Waals surface area (Å²) in [4.78, 5) is 25.2. The molecule has 2 aromatic rings. The van der Waals surface area contributed by atoms with E-state index in [9.17, 15) is 14.7 Å². The minimum Gasteiger partial charge on any atom is -0.480 e. The monoisotopic (exact) mass is 564 g/mol. The van der Waals surface area contributed by atoms with Crippen LogP contribution in [-0.2, 0) is 11.3 Å². The molecule has 0 heterocycles. The second-order valence-corrected chi connectivity index (χ2v) is 12.6. The lowest BCUT2D eigenvalue weighted by Crippen LogP contribution is -2.41. The number of carboxylic acid groups (broad SMARTS) is 1. The number of allylic oxidation sites excluding steroid dienone is 1. The number of hydrogen-bond donors (Lipinski definition) is 3. The number of benzene rings is 2. The number of thioether (sulfide) groups is 1. The summed E-state index contributed by atoms with van der Waals surface area (Å²) < 4.78 is 0. The van der Waals surface area contributed by atoms with E-state index in [1.807, 2.05) is 49.6 Å². The zero-order valence-electron chi connectivity index (χ0n) is 24.7. The number of amides is 1. The Morgan fingerprint density at radius 1 is 1.07 bits per heavy atom. The molecule has 1 amide bonds. The van der Waals surface area contributed by atoms with Crippen LogP contribution in [0.2, 0.25) is 0 Å². The van der Waals surface area contributed by atoms with Crippen LogP contribution in [0.3, 0.4) is 0 Å². The summed E-state index contributed by atoms with van der Waals surface area (Å²) in [7, 11) is 0. The van der Waals surface area contributed by atoms with Crippen molar-refractivity contribution in [3.63, 3.8) is 0 Å². The third-order valence-corrected chi connectivity index (χ3v) is 8.48. The van der Waals surface area contributed by atoms with Gasteiger partial charge < -0.3 is 15.7 Å². The molecule has 2 aromatic carbocycles. The van der Waals surface area contributed by atoms with E-state index in [2.05, 4.69) is 42.7 Å². The van der Waals surface area contributed by atoms with E-state index in [1.54, 1.807) is 11.8 Å². The van der Waals surface area contributed by atoms with Crippen molar-refractivity contribution in [2.24, 2.45) is 11.8 Å². The lowest BCUT2D eigenvalue weighted by atomic mass is 9.84. The molecule has 0 saturated heterocycles. The largest absolute Gasteiger partial charge is 0.480 e. The van der Waals surface area contributed by atoms with E-state index in [0.717, 1.165) is 41.0 Å². The molecule has 0 spiro atoms. The molecule has 1 aliphatic rings. The van der Waals surface area contributed by atoms with E-state index >= 15 is 0 Å². The van der Waals surface area contributed by atoms with Crippen LogP contribution in [0.25, 0.3) is 11.1 Å². The van der Waals surface area contributed by atoms with Crippen LogP contribution in [0.5, 0.6) is 0 Å². The average molecular weight is 565 g/mol. The van der Waals surface area contributed by atoms with Crippen LogP contribution in [-0.4, -0.2) is 41.1 Å². The zero-order valence-corrected chi connectivity index (χ0v) is 25.6. The van der Waals surface area contributed by atoms with Crippen molar-refractivity contribution in [2.75, 3.05) is 12.0 Å². The maximum Gasteiger partial charge on any atom is 0.326 e. The Morgan fingerprint density at radius 2 is 1.82 bits per heavy atom. The van der Waals surface area contributed by atoms with Gasteiger partial charge in [-0.15, -0.1) is 0 Å². The fraction of sp³-hybridized carbons (Fsp3) is 0.529. The van der Waals surface area contributed by atoms with Crippen molar-refractivity contribution in [3.05, 3.63) is 71.3 Å². The first-order chi connectivity index (χ1) is 19.3. The summed E-state index contributed by atoms with van der Waals surface area (Å²) in [5.41, 5.74) is 4.51. The number of carbonyl (C=O) groups is 2. The van der Waals surface area contributed by atoms with Gasteiger partial charge in [0, 0.05) is 18.2 Å². The average Bonchev–Trinajstić information content (AvgIpc) is 2.94. The van der Waals surface area contributed by atoms with Gasteiger partial charge in [-0.1, -0.05) is 88.4 Å². The molecule has 3 N–H and O–H groups in total. The summed E-state index contributed by atoms with van der Waals surface area (Å²) in [6.45, 7) is 7.25. The van der Waals surface area contributed by atoms with Gasteiger partial charge in [-0.3, -0.25) is 4.79 Å². The Hall–Kier alpha value is -2.57. The predicted octanol–water partition coefficient (Wildman–Crippen LogP) is 7.63. The molecule has 0 aromatic heterocycles. The Kier molecular flexibility index (Phi) is 13.3. The quantitative estimate of drug-likeness (QED) is 0.194. The van der Waals surface area contributed by atoms with Crippen LogP contribution in [0, 0.1) is 18.8 Å². The lowest BCUT2D eigenvalue weighted by Gasteiger charge is -2.26. The van der Waals surface area contributed by atoms with Crippen LogP contribution in [0.4, 0.5) is 0 Å². The number of hydrogen-bond acceptors (Lipinski definition) is 4. The Morgan fingerprint density at radius 3 is 2.50 bits per heavy atom. The molecular weight excluding hydrogens is 516 g/mol. The molecule has 1 saturated carbocycles. The van der Waals surface area contributed by atoms with E-state index in [0.29, 0.717) is 36.2 Å². The number of rotatable bonds is 15. The summed E-state index contributed by atoms with van der Waals surface area (Å²) in [5.74, 6) is 0.730. The van der Waals surface area contributed by atoms with Gasteiger partial charge >= 0.3 is 5.97 Å². The first-order valence-corrected chi connectivity index (χ1v) is 16.3. The first kappa shape index (κ1) is 32.0. The molecule has 2 atom stereocenters. The van der Waals surface area contributed by atoms with Crippen LogP contribution >= 0.6 is 11.8 Å². The summed E-state index contributed by atoms with van der Waals surface area (Å²) >= 11 is 1.57. The molecule has 0 unspecified atom stereocenters. The molecule has 40 heavy (non-hydrogen) atoms. The minimum absolute atomic E-state index is 0.319. The lowest BCUT2D eigenvalue weighted by molar-refractivity contribution is -0.139. The Bertz CT molecular complexity index is 1120. The zero-order chi connectivity index (χ0) is 28.9. The molecule has 5 nitrogen and oxygen atoms in total. The summed E-state index contributed by atoms with van der Waals surface area (Å²) in [6.07, 6.45) is 16.0. The third-order valence-electron chi connectivity index (χ3n) is 7.83. The van der Waals surface area contributed by atoms with Crippen LogP contribution in [0.15, 0.2) is 54.6 Å². The highest BCUT2D eigenvalue weighted by Crippen LogP contribution is 2.30. The fourth-order valence-electron chi connectivity index (χ4n) is 5.50. The van der Waals surface area contributed by atoms with Crippen molar-refractivity contribution in [1.82, 2.24) is 10.6 Å². The summed E-state index contributed by atoms with van der Waals surface area (Å²) in [5, 5.41) is 16.2. The van der Waals surface area contributed by atoms with Crippen molar-refractivity contribution in [2.45, 2.75) is 90.8 Å². The van der Waals surface area contributed by atoms with Crippen LogP contribution in [0.1, 0.15) is 86.7 Å². The van der Waals surface area contributed by atoms with Gasteiger partial charge in [-0.2, -0.15) is 11.8 Å². The normalized spacial score (nSPS) is 15.8. The van der Waals surface area contributed by atoms with Gasteiger partial charge in [0.25, 0.3) is 5.91 Å². The van der Waals surface area contributed by atoms with Gasteiger partial charge in [0.1, 0.15) is 6.04 Å². The molecular formula is C34H48N2O3S. The summed E-state index contributed by atoms with van der Waals surface area (Å²) in [6, 6.07) is 13.4. The maximum atomic E-state index is 13.4. The number of nitrogens with one attached hydrogen (secondary N) is 2. The molecule has 1 fully saturated rings. The highest BCUT2D eigenvalue weighted by atomic mass is 32.2. The van der Waals surface area contributed by atoms with Crippen molar-refractivity contribution in [3.8, 4) is 11.1 Å². The smallest absolute Gasteiger partial charge is 0.326 e. The number of carbonyl (C=O) groups excluding carboxylic acids is 1. The molecule has 218 valence electrons. The Balaban J connectivity index is 1.84. The Labute approximate surface area is 245 Å². The molecule has 3 rings (SSSR count). The van der Waals surface area contributed by atoms with Gasteiger partial charge in [0.15, 0.2) is 0 Å². The second kappa shape index (κ2) is 16.6. The van der Waals surface area contributed by atoms with Gasteiger partial charge in [-0.05, 0) is 84.4 Å². The van der Waals surface area contributed by atoms with Gasteiger partial charge in [0.2, 0.25) is 0 Å². The molecule has 6 heteroatoms. The highest BCUT2D eigenvalue weighted by molar-refractivity contribution is 7.98. The van der Waals surface area contributed by atoms with E-state index in [1.165, 1.54) is 32.1 Å². The molecule has 0 bridgehead atoms. The molecule has 0 radical (unpaired) electrons. The van der Waals surface area contributed by atoms with E-state index < -0.39 is 12.0 Å². The SMILES string of the molecule is CSCC[C@H](NC(=O)c1ccc(CN[C@H](/C=C\CC(C)C)CC2CCCCC2)cc1-c1ccccc1C)C(=O)O. The van der Waals surface area contributed by atoms with Crippen molar-refractivity contribution >= 4 is 23.6 Å². The van der Waals surface area contributed by atoms with Crippen molar-refractivity contribution in [1.29, 1.82) is 0 Å². The fourth-order valence-corrected chi connectivity index (χ4v) is 5.97. The van der Waals surface area contributed by atoms with Crippen LogP contribution < -0.4 is 10.6 Å². The van der Waals surface area contributed by atoms with Crippen molar-refractivity contribution < 1.29 is 14.7 Å². The van der Waals surface area contributed by atoms with E-state index in [-0.39, 0.29) is 5.91 Å². The number of aliphatic carboxylic acids is 1. The number of carboxylic acids is 1. The maximum absolute atomic E-state index is 13.4. The topological polar surface area (TPSA) is 78.4 Å². The first-order valence-electron chi connectivity index (χ1n) is 14.9. The molecule has 1 aliphatic carbocycles. The third kappa shape index (κ3) is 10.1. The molecule has 0 aliphatic heterocycles. The number of aryl methyl sites for hydroxylation is 1. The minimum atomic E-state index is -1.00.